The van der Waals surface area contributed by atoms with Crippen molar-refractivity contribution >= 4 is 34.9 Å². The lowest BCUT2D eigenvalue weighted by Crippen LogP contribution is -2.37. The second-order valence-electron chi connectivity index (χ2n) is 8.42. The molecule has 0 spiro atoms. The Morgan fingerprint density at radius 1 is 1.08 bits per heavy atom. The number of allylic oxidation sites excluding steroid dienone is 4. The van der Waals surface area contributed by atoms with Crippen LogP contribution < -0.4 is 15.6 Å². The number of benzene rings is 1. The number of morpholine rings is 1. The van der Waals surface area contributed by atoms with E-state index in [0.717, 1.165) is 34.3 Å². The Morgan fingerprint density at radius 2 is 1.84 bits per heavy atom. The van der Waals surface area contributed by atoms with Crippen molar-refractivity contribution in [2.75, 3.05) is 41.9 Å². The number of pyridine rings is 1. The predicted molar refractivity (Wildman–Crippen MR) is 155 cm³/mol. The van der Waals surface area contributed by atoms with Gasteiger partial charge < -0.3 is 15.0 Å². The molecule has 0 atom stereocenters. The molecule has 38 heavy (non-hydrogen) atoms. The van der Waals surface area contributed by atoms with Crippen LogP contribution in [0.4, 0.5) is 27.5 Å². The monoisotopic (exact) mass is 515 g/mol. The summed E-state index contributed by atoms with van der Waals surface area (Å²) in [6.45, 7) is 16.1. The smallest absolute Gasteiger partial charge is 0.245 e. The lowest BCUT2D eigenvalue weighted by atomic mass is 10.0. The van der Waals surface area contributed by atoms with E-state index in [0.29, 0.717) is 32.0 Å². The highest BCUT2D eigenvalue weighted by atomic mass is 19.1. The number of hydrogen-bond donors (Lipinski definition) is 2. The number of ether oxygens (including phenoxy) is 1. The van der Waals surface area contributed by atoms with Crippen molar-refractivity contribution in [3.63, 3.8) is 0 Å². The third kappa shape index (κ3) is 8.35. The van der Waals surface area contributed by atoms with Gasteiger partial charge in [0.1, 0.15) is 0 Å². The first-order chi connectivity index (χ1) is 18.4. The summed E-state index contributed by atoms with van der Waals surface area (Å²) >= 11 is 0. The van der Waals surface area contributed by atoms with Crippen LogP contribution in [-0.2, 0) is 4.74 Å². The zero-order valence-corrected chi connectivity index (χ0v) is 22.1. The number of aryl methyl sites for hydroxylation is 1. The van der Waals surface area contributed by atoms with Gasteiger partial charge in [-0.25, -0.2) is 14.8 Å². The molecule has 0 aliphatic carbocycles. The van der Waals surface area contributed by atoms with Crippen LogP contribution in [0, 0.1) is 12.7 Å². The molecule has 2 aromatic heterocycles. The molecule has 0 bridgehead atoms. The van der Waals surface area contributed by atoms with Gasteiger partial charge in [-0.05, 0) is 61.7 Å². The molecule has 1 aliphatic rings. The van der Waals surface area contributed by atoms with Crippen LogP contribution in [0.15, 0.2) is 79.2 Å². The molecule has 198 valence electrons. The quantitative estimate of drug-likeness (QED) is 0.162. The number of aromatic nitrogens is 3. The molecule has 3 heterocycles. The number of anilines is 4. The van der Waals surface area contributed by atoms with E-state index in [2.05, 4.69) is 50.0 Å². The van der Waals surface area contributed by atoms with E-state index in [9.17, 15) is 4.39 Å². The Labute approximate surface area is 223 Å². The van der Waals surface area contributed by atoms with Crippen molar-refractivity contribution in [2.45, 2.75) is 20.8 Å². The van der Waals surface area contributed by atoms with Crippen LogP contribution in [0.1, 0.15) is 30.7 Å². The van der Waals surface area contributed by atoms with E-state index in [4.69, 9.17) is 4.74 Å². The highest BCUT2D eigenvalue weighted by Crippen LogP contribution is 2.23. The Morgan fingerprint density at radius 3 is 2.50 bits per heavy atom. The number of hydrazone groups is 1. The molecular formula is C29H34FN7O. The third-order valence-electron chi connectivity index (χ3n) is 5.50. The minimum absolute atomic E-state index is 0.203. The van der Waals surface area contributed by atoms with Crippen LogP contribution in [-0.4, -0.2) is 47.5 Å². The standard InChI is InChI=1S/C25H26FN7O.C4H8/c1-4-18(3)19-11-17(2)12-22(13-19)30-21-6-5-20(27-14-21)15-29-32-25-28-16-23(26)24(31-25)33-7-9-34-10-8-33;1-3-4-2/h4-6,11-16,30H,1,3,7-10H2,2H3,(H,28,31,32);3-4H,1-2H3/b29-15+;4-3-. The summed E-state index contributed by atoms with van der Waals surface area (Å²) in [6.07, 6.45) is 10.1. The van der Waals surface area contributed by atoms with Crippen molar-refractivity contribution in [3.05, 3.63) is 96.7 Å². The summed E-state index contributed by atoms with van der Waals surface area (Å²) in [4.78, 5) is 14.4. The number of halogens is 1. The second kappa shape index (κ2) is 14.4. The van der Waals surface area contributed by atoms with Crippen molar-refractivity contribution in [2.24, 2.45) is 5.10 Å². The number of nitrogens with zero attached hydrogens (tertiary/aromatic N) is 5. The zero-order valence-electron chi connectivity index (χ0n) is 22.1. The predicted octanol–water partition coefficient (Wildman–Crippen LogP) is 6.13. The Bertz CT molecular complexity index is 1280. The molecule has 2 N–H and O–H groups in total. The fourth-order valence-corrected chi connectivity index (χ4v) is 3.45. The lowest BCUT2D eigenvalue weighted by molar-refractivity contribution is 0.122. The fraction of sp³-hybridized carbons (Fsp3) is 0.241. The largest absolute Gasteiger partial charge is 0.378 e. The fourth-order valence-electron chi connectivity index (χ4n) is 3.45. The molecule has 9 heteroatoms. The summed E-state index contributed by atoms with van der Waals surface area (Å²) in [5, 5.41) is 7.47. The Hall–Kier alpha value is -4.37. The topological polar surface area (TPSA) is 87.6 Å². The average Bonchev–Trinajstić information content (AvgIpc) is 2.94. The molecule has 1 saturated heterocycles. The van der Waals surface area contributed by atoms with Crippen molar-refractivity contribution < 1.29 is 9.13 Å². The molecule has 0 unspecified atom stereocenters. The first-order valence-corrected chi connectivity index (χ1v) is 12.3. The van der Waals surface area contributed by atoms with Gasteiger partial charge in [0, 0.05) is 18.8 Å². The molecule has 0 saturated carbocycles. The van der Waals surface area contributed by atoms with Crippen LogP contribution >= 0.6 is 0 Å². The van der Waals surface area contributed by atoms with E-state index in [1.807, 2.05) is 62.1 Å². The van der Waals surface area contributed by atoms with Gasteiger partial charge in [-0.15, -0.1) is 0 Å². The highest BCUT2D eigenvalue weighted by Gasteiger charge is 2.17. The van der Waals surface area contributed by atoms with Crippen molar-refractivity contribution in [1.29, 1.82) is 0 Å². The molecular weight excluding hydrogens is 481 g/mol. The second-order valence-corrected chi connectivity index (χ2v) is 8.42. The summed E-state index contributed by atoms with van der Waals surface area (Å²) in [5.74, 6) is -0.0370. The van der Waals surface area contributed by atoms with Gasteiger partial charge in [-0.3, -0.25) is 4.98 Å². The SMILES string of the molecule is C/C=C\C.C=CC(=C)c1cc(C)cc(Nc2ccc(/C=N/Nc3ncc(F)c(N4CCOCC4)n3)nc2)c1. The lowest BCUT2D eigenvalue weighted by Gasteiger charge is -2.27. The van der Waals surface area contributed by atoms with E-state index < -0.39 is 5.82 Å². The number of hydrogen-bond acceptors (Lipinski definition) is 8. The van der Waals surface area contributed by atoms with Crippen LogP contribution in [0.5, 0.6) is 0 Å². The summed E-state index contributed by atoms with van der Waals surface area (Å²) in [7, 11) is 0. The molecule has 4 rings (SSSR count). The maximum absolute atomic E-state index is 14.1. The maximum Gasteiger partial charge on any atom is 0.245 e. The number of rotatable bonds is 8. The maximum atomic E-state index is 14.1. The van der Waals surface area contributed by atoms with Crippen LogP contribution in [0.3, 0.4) is 0 Å². The molecule has 1 aliphatic heterocycles. The first kappa shape index (κ1) is 28.2. The van der Waals surface area contributed by atoms with E-state index in [-0.39, 0.29) is 11.8 Å². The highest BCUT2D eigenvalue weighted by molar-refractivity contribution is 5.79. The van der Waals surface area contributed by atoms with Gasteiger partial charge in [-0.1, -0.05) is 37.5 Å². The van der Waals surface area contributed by atoms with Gasteiger partial charge >= 0.3 is 0 Å². The summed E-state index contributed by atoms with van der Waals surface area (Å²) in [5.41, 5.74) is 8.14. The van der Waals surface area contributed by atoms with Crippen molar-refractivity contribution in [1.82, 2.24) is 15.0 Å². The first-order valence-electron chi connectivity index (χ1n) is 12.3. The Kier molecular flexibility index (Phi) is 10.7. The molecule has 3 aromatic rings. The van der Waals surface area contributed by atoms with Crippen LogP contribution in [0.25, 0.3) is 5.57 Å². The molecule has 0 radical (unpaired) electrons. The molecule has 0 amide bonds. The van der Waals surface area contributed by atoms with Crippen LogP contribution in [0.2, 0.25) is 0 Å². The van der Waals surface area contributed by atoms with Gasteiger partial charge in [-0.2, -0.15) is 10.1 Å². The van der Waals surface area contributed by atoms with Crippen molar-refractivity contribution in [3.8, 4) is 0 Å². The van der Waals surface area contributed by atoms with Gasteiger partial charge in [0.05, 0.1) is 43.2 Å². The van der Waals surface area contributed by atoms with E-state index >= 15 is 0 Å². The van der Waals surface area contributed by atoms with Gasteiger partial charge in [0.15, 0.2) is 11.6 Å². The zero-order chi connectivity index (χ0) is 27.3. The van der Waals surface area contributed by atoms with Gasteiger partial charge in [0.2, 0.25) is 5.95 Å². The number of nitrogens with one attached hydrogen (secondary N) is 2. The summed E-state index contributed by atoms with van der Waals surface area (Å²) in [6, 6.07) is 9.87. The molecule has 1 aromatic carbocycles. The minimum atomic E-state index is -0.476. The molecule has 8 nitrogen and oxygen atoms in total. The van der Waals surface area contributed by atoms with E-state index in [1.165, 1.54) is 0 Å². The summed E-state index contributed by atoms with van der Waals surface area (Å²) < 4.78 is 19.4. The van der Waals surface area contributed by atoms with Gasteiger partial charge in [0.25, 0.3) is 0 Å². The average molecular weight is 516 g/mol. The minimum Gasteiger partial charge on any atom is -0.378 e. The normalized spacial score (nSPS) is 13.2. The molecule has 1 fully saturated rings. The Balaban J connectivity index is 0.000000934. The van der Waals surface area contributed by atoms with E-state index in [1.54, 1.807) is 18.5 Å². The third-order valence-corrected chi connectivity index (χ3v) is 5.50.